The molecule has 3 amide bonds. The molecule has 1 aliphatic rings. The third-order valence-corrected chi connectivity index (χ3v) is 3.18. The van der Waals surface area contributed by atoms with Crippen molar-refractivity contribution < 1.29 is 9.59 Å². The molecule has 0 aromatic heterocycles. The number of nitrogens with two attached hydrogens (primary N) is 1. The van der Waals surface area contributed by atoms with Crippen LogP contribution in [0.3, 0.4) is 0 Å². The van der Waals surface area contributed by atoms with Gasteiger partial charge in [-0.05, 0) is 38.4 Å². The molecule has 0 atom stereocenters. The van der Waals surface area contributed by atoms with Gasteiger partial charge in [-0.15, -0.1) is 12.4 Å². The van der Waals surface area contributed by atoms with Crippen LogP contribution in [0.1, 0.15) is 19.3 Å². The largest absolute Gasteiger partial charge is 0.341 e. The molecule has 0 radical (unpaired) electrons. The number of carbonyl (C=O) groups is 2. The molecule has 106 valence electrons. The van der Waals surface area contributed by atoms with E-state index in [4.69, 9.17) is 5.73 Å². The lowest BCUT2D eigenvalue weighted by molar-refractivity contribution is -0.120. The molecule has 18 heavy (non-hydrogen) atoms. The second-order valence-electron chi connectivity index (χ2n) is 4.40. The van der Waals surface area contributed by atoms with Crippen LogP contribution in [0.5, 0.6) is 0 Å². The molecule has 0 unspecified atom stereocenters. The monoisotopic (exact) mass is 278 g/mol. The first-order valence-corrected chi connectivity index (χ1v) is 6.09. The molecular formula is C11H23ClN4O2. The summed E-state index contributed by atoms with van der Waals surface area (Å²) in [5, 5.41) is 4.60. The molecule has 1 saturated heterocycles. The maximum Gasteiger partial charge on any atom is 0.321 e. The summed E-state index contributed by atoms with van der Waals surface area (Å²) in [6.07, 6.45) is 2.57. The molecule has 1 heterocycles. The number of likely N-dealkylation sites (tertiary alicyclic amines) is 1. The number of urea groups is 1. The fourth-order valence-corrected chi connectivity index (χ4v) is 1.96. The van der Waals surface area contributed by atoms with Gasteiger partial charge in [0.1, 0.15) is 0 Å². The summed E-state index contributed by atoms with van der Waals surface area (Å²) in [6, 6.07) is -0.447. The van der Waals surface area contributed by atoms with Gasteiger partial charge in [0.2, 0.25) is 5.91 Å². The molecular weight excluding hydrogens is 256 g/mol. The Hall–Kier alpha value is -0.850. The van der Waals surface area contributed by atoms with E-state index < -0.39 is 6.03 Å². The summed E-state index contributed by atoms with van der Waals surface area (Å²) in [7, 11) is 1.49. The van der Waals surface area contributed by atoms with E-state index >= 15 is 0 Å². The standard InChI is InChI=1S/C11H22N4O2.ClH/c1-13-11(17)14-10(16)4-7-15-5-2-9(8-12)3-6-15;/h9H,2-8,12H2,1H3,(H2,13,14,16,17);1H. The van der Waals surface area contributed by atoms with Crippen LogP contribution in [-0.2, 0) is 4.79 Å². The molecule has 1 fully saturated rings. The molecule has 1 rings (SSSR count). The van der Waals surface area contributed by atoms with Crippen LogP contribution in [0.25, 0.3) is 0 Å². The number of halogens is 1. The lowest BCUT2D eigenvalue weighted by atomic mass is 9.97. The average molecular weight is 279 g/mol. The first kappa shape index (κ1) is 17.2. The fraction of sp³-hybridized carbons (Fsp3) is 0.818. The Bertz CT molecular complexity index is 268. The minimum Gasteiger partial charge on any atom is -0.341 e. The summed E-state index contributed by atoms with van der Waals surface area (Å²) in [5.41, 5.74) is 5.61. The molecule has 0 spiro atoms. The predicted octanol–water partition coefficient (Wildman–Crippen LogP) is -0.0754. The Kier molecular flexibility index (Phi) is 8.70. The first-order valence-electron chi connectivity index (χ1n) is 6.09. The zero-order valence-corrected chi connectivity index (χ0v) is 11.6. The molecule has 0 aliphatic carbocycles. The predicted molar refractivity (Wildman–Crippen MR) is 72.7 cm³/mol. The number of carbonyl (C=O) groups excluding carboxylic acids is 2. The van der Waals surface area contributed by atoms with Crippen LogP contribution >= 0.6 is 12.4 Å². The van der Waals surface area contributed by atoms with E-state index in [-0.39, 0.29) is 18.3 Å². The summed E-state index contributed by atoms with van der Waals surface area (Å²) in [4.78, 5) is 24.5. The minimum atomic E-state index is -0.447. The fourth-order valence-electron chi connectivity index (χ4n) is 1.96. The molecule has 0 aromatic rings. The molecule has 4 N–H and O–H groups in total. The van der Waals surface area contributed by atoms with Gasteiger partial charge in [-0.25, -0.2) is 4.79 Å². The summed E-state index contributed by atoms with van der Waals surface area (Å²) in [6.45, 7) is 3.45. The van der Waals surface area contributed by atoms with Crippen molar-refractivity contribution in [2.45, 2.75) is 19.3 Å². The molecule has 6 nitrogen and oxygen atoms in total. The molecule has 1 aliphatic heterocycles. The van der Waals surface area contributed by atoms with E-state index in [2.05, 4.69) is 15.5 Å². The van der Waals surface area contributed by atoms with Gasteiger partial charge in [0.15, 0.2) is 0 Å². The number of imide groups is 1. The Labute approximate surface area is 114 Å². The van der Waals surface area contributed by atoms with Gasteiger partial charge in [0.05, 0.1) is 0 Å². The van der Waals surface area contributed by atoms with Crippen LogP contribution in [0, 0.1) is 5.92 Å². The van der Waals surface area contributed by atoms with E-state index in [0.29, 0.717) is 18.9 Å². The Morgan fingerprint density at radius 1 is 1.33 bits per heavy atom. The highest BCUT2D eigenvalue weighted by atomic mass is 35.5. The second-order valence-corrected chi connectivity index (χ2v) is 4.40. The number of hydrogen-bond acceptors (Lipinski definition) is 4. The Balaban J connectivity index is 0.00000289. The van der Waals surface area contributed by atoms with Crippen molar-refractivity contribution in [3.05, 3.63) is 0 Å². The molecule has 7 heteroatoms. The summed E-state index contributed by atoms with van der Waals surface area (Å²) < 4.78 is 0. The van der Waals surface area contributed by atoms with Crippen molar-refractivity contribution in [3.63, 3.8) is 0 Å². The van der Waals surface area contributed by atoms with Gasteiger partial charge in [-0.1, -0.05) is 0 Å². The van der Waals surface area contributed by atoms with Gasteiger partial charge < -0.3 is 16.0 Å². The van der Waals surface area contributed by atoms with Gasteiger partial charge in [0, 0.05) is 20.0 Å². The first-order chi connectivity index (χ1) is 8.15. The van der Waals surface area contributed by atoms with Gasteiger partial charge in [0.25, 0.3) is 0 Å². The third-order valence-electron chi connectivity index (χ3n) is 3.18. The van der Waals surface area contributed by atoms with Gasteiger partial charge in [-0.3, -0.25) is 10.1 Å². The van der Waals surface area contributed by atoms with Crippen LogP contribution < -0.4 is 16.4 Å². The van der Waals surface area contributed by atoms with E-state index in [1.54, 1.807) is 0 Å². The average Bonchev–Trinajstić information content (AvgIpc) is 2.36. The second kappa shape index (κ2) is 9.13. The van der Waals surface area contributed by atoms with Gasteiger partial charge in [-0.2, -0.15) is 0 Å². The quantitative estimate of drug-likeness (QED) is 0.671. The minimum absolute atomic E-state index is 0. The lowest BCUT2D eigenvalue weighted by Gasteiger charge is -2.30. The highest BCUT2D eigenvalue weighted by Gasteiger charge is 2.18. The normalized spacial score (nSPS) is 16.8. The highest BCUT2D eigenvalue weighted by molar-refractivity contribution is 5.94. The lowest BCUT2D eigenvalue weighted by Crippen LogP contribution is -2.41. The van der Waals surface area contributed by atoms with Crippen molar-refractivity contribution in [2.75, 3.05) is 33.2 Å². The van der Waals surface area contributed by atoms with E-state index in [9.17, 15) is 9.59 Å². The van der Waals surface area contributed by atoms with Crippen LogP contribution in [-0.4, -0.2) is 50.1 Å². The topological polar surface area (TPSA) is 87.5 Å². The number of rotatable bonds is 4. The molecule has 0 bridgehead atoms. The van der Waals surface area contributed by atoms with Crippen LogP contribution in [0.4, 0.5) is 4.79 Å². The van der Waals surface area contributed by atoms with Gasteiger partial charge >= 0.3 is 6.03 Å². The van der Waals surface area contributed by atoms with E-state index in [0.717, 1.165) is 32.5 Å². The van der Waals surface area contributed by atoms with Crippen molar-refractivity contribution in [2.24, 2.45) is 11.7 Å². The molecule has 0 aromatic carbocycles. The van der Waals surface area contributed by atoms with Crippen LogP contribution in [0.15, 0.2) is 0 Å². The number of piperidine rings is 1. The number of hydrogen-bond donors (Lipinski definition) is 3. The number of amides is 3. The van der Waals surface area contributed by atoms with Crippen LogP contribution in [0.2, 0.25) is 0 Å². The van der Waals surface area contributed by atoms with Crippen molar-refractivity contribution in [1.29, 1.82) is 0 Å². The third kappa shape index (κ3) is 6.18. The smallest absolute Gasteiger partial charge is 0.321 e. The van der Waals surface area contributed by atoms with E-state index in [1.807, 2.05) is 0 Å². The highest BCUT2D eigenvalue weighted by Crippen LogP contribution is 2.15. The van der Waals surface area contributed by atoms with Crippen molar-refractivity contribution >= 4 is 24.3 Å². The number of nitrogens with one attached hydrogen (secondary N) is 2. The zero-order chi connectivity index (χ0) is 12.7. The summed E-state index contributed by atoms with van der Waals surface area (Å²) >= 11 is 0. The Morgan fingerprint density at radius 3 is 2.44 bits per heavy atom. The zero-order valence-electron chi connectivity index (χ0n) is 10.8. The van der Waals surface area contributed by atoms with E-state index in [1.165, 1.54) is 7.05 Å². The SMILES string of the molecule is CNC(=O)NC(=O)CCN1CCC(CN)CC1.Cl. The maximum absolute atomic E-state index is 11.4. The van der Waals surface area contributed by atoms with Crippen molar-refractivity contribution in [1.82, 2.24) is 15.5 Å². The Morgan fingerprint density at radius 2 is 1.94 bits per heavy atom. The van der Waals surface area contributed by atoms with Crippen molar-refractivity contribution in [3.8, 4) is 0 Å². The summed E-state index contributed by atoms with van der Waals surface area (Å²) in [5.74, 6) is 0.399. The maximum atomic E-state index is 11.4. The number of nitrogens with zero attached hydrogens (tertiary/aromatic N) is 1. The molecule has 0 saturated carbocycles.